The molecule has 0 bridgehead atoms. The minimum absolute atomic E-state index is 0.182. The average Bonchev–Trinajstić information content (AvgIpc) is 3.53. The van der Waals surface area contributed by atoms with Crippen molar-refractivity contribution in [3.63, 3.8) is 0 Å². The molecule has 0 radical (unpaired) electrons. The number of benzene rings is 2. The smallest absolute Gasteiger partial charge is 0.256 e. The minimum Gasteiger partial charge on any atom is -0.306 e. The lowest BCUT2D eigenvalue weighted by Crippen LogP contribution is -2.22. The van der Waals surface area contributed by atoms with Crippen molar-refractivity contribution in [3.8, 4) is 16.5 Å². The van der Waals surface area contributed by atoms with Crippen molar-refractivity contribution in [1.29, 1.82) is 0 Å². The Bertz CT molecular complexity index is 1540. The van der Waals surface area contributed by atoms with Crippen LogP contribution in [-0.4, -0.2) is 25.7 Å². The summed E-state index contributed by atoms with van der Waals surface area (Å²) in [7, 11) is 0. The Labute approximate surface area is 203 Å². The number of nitrogens with zero attached hydrogens (tertiary/aromatic N) is 3. The van der Waals surface area contributed by atoms with E-state index in [0.717, 1.165) is 10.4 Å². The summed E-state index contributed by atoms with van der Waals surface area (Å²) in [6.45, 7) is 1.78. The van der Waals surface area contributed by atoms with Gasteiger partial charge in [-0.2, -0.15) is 9.78 Å². The van der Waals surface area contributed by atoms with Gasteiger partial charge in [0, 0.05) is 23.6 Å². The number of carbonyl (C=O) groups excluding carboxylic acids is 1. The molecule has 5 aromatic rings. The van der Waals surface area contributed by atoms with Crippen molar-refractivity contribution in [2.75, 3.05) is 5.32 Å². The number of hydrogen-bond acceptors (Lipinski definition) is 5. The van der Waals surface area contributed by atoms with E-state index in [4.69, 9.17) is 0 Å². The molecule has 0 aliphatic rings. The Morgan fingerprint density at radius 2 is 1.86 bits per heavy atom. The quantitative estimate of drug-likeness (QED) is 0.355. The van der Waals surface area contributed by atoms with Gasteiger partial charge in [-0.3, -0.25) is 14.6 Å². The van der Waals surface area contributed by atoms with Crippen LogP contribution in [0.1, 0.15) is 27.2 Å². The van der Waals surface area contributed by atoms with Crippen LogP contribution in [-0.2, 0) is 6.42 Å². The molecule has 0 unspecified atom stereocenters. The lowest BCUT2D eigenvalue weighted by atomic mass is 10.1. The molecule has 0 aliphatic heterocycles. The standard InChI is InChI=1S/C26H20FN5O2S/c1-16-20(14-17-6-3-2-4-7-17)25(34)30-26(28-16)32-23(15-21(31-32)22-8-5-13-35-22)29-24(33)18-9-11-19(27)12-10-18/h2-13,15H,14H2,1H3,(H,29,33)(H,28,30,34). The molecule has 0 aliphatic carbocycles. The van der Waals surface area contributed by atoms with Crippen molar-refractivity contribution in [2.45, 2.75) is 13.3 Å². The number of halogens is 1. The predicted molar refractivity (Wildman–Crippen MR) is 134 cm³/mol. The van der Waals surface area contributed by atoms with Gasteiger partial charge < -0.3 is 5.32 Å². The van der Waals surface area contributed by atoms with Crippen molar-refractivity contribution in [2.24, 2.45) is 0 Å². The number of anilines is 1. The second-order valence-corrected chi connectivity index (χ2v) is 8.83. The predicted octanol–water partition coefficient (Wildman–Crippen LogP) is 4.97. The topological polar surface area (TPSA) is 92.7 Å². The highest BCUT2D eigenvalue weighted by Gasteiger charge is 2.18. The largest absolute Gasteiger partial charge is 0.306 e. The molecule has 3 heterocycles. The van der Waals surface area contributed by atoms with Gasteiger partial charge >= 0.3 is 0 Å². The number of rotatable bonds is 6. The zero-order valence-electron chi connectivity index (χ0n) is 18.7. The Kier molecular flexibility index (Phi) is 6.07. The molecule has 0 atom stereocenters. The maximum absolute atomic E-state index is 13.3. The SMILES string of the molecule is Cc1nc(-n2nc(-c3cccs3)cc2NC(=O)c2ccc(F)cc2)[nH]c(=O)c1Cc1ccccc1. The number of amides is 1. The highest BCUT2D eigenvalue weighted by atomic mass is 32.1. The van der Waals surface area contributed by atoms with E-state index in [1.165, 1.54) is 40.3 Å². The highest BCUT2D eigenvalue weighted by Crippen LogP contribution is 2.27. The zero-order valence-corrected chi connectivity index (χ0v) is 19.5. The third kappa shape index (κ3) is 4.80. The van der Waals surface area contributed by atoms with E-state index in [-0.39, 0.29) is 17.1 Å². The molecular formula is C26H20FN5O2S. The molecule has 5 rings (SSSR count). The molecule has 0 saturated carbocycles. The Morgan fingerprint density at radius 3 is 2.54 bits per heavy atom. The maximum atomic E-state index is 13.3. The average molecular weight is 486 g/mol. The molecule has 174 valence electrons. The van der Waals surface area contributed by atoms with Crippen LogP contribution in [0.5, 0.6) is 0 Å². The third-order valence-electron chi connectivity index (χ3n) is 5.47. The van der Waals surface area contributed by atoms with Gasteiger partial charge in [-0.25, -0.2) is 9.37 Å². The molecule has 3 aromatic heterocycles. The second kappa shape index (κ2) is 9.47. The number of aromatic nitrogens is 4. The fraction of sp³-hybridized carbons (Fsp3) is 0.0769. The number of aryl methyl sites for hydroxylation is 1. The highest BCUT2D eigenvalue weighted by molar-refractivity contribution is 7.13. The fourth-order valence-electron chi connectivity index (χ4n) is 3.67. The van der Waals surface area contributed by atoms with Gasteiger partial charge in [0.15, 0.2) is 0 Å². The van der Waals surface area contributed by atoms with E-state index in [0.29, 0.717) is 29.2 Å². The molecule has 2 aromatic carbocycles. The van der Waals surface area contributed by atoms with Gasteiger partial charge in [0.25, 0.3) is 11.5 Å². The lowest BCUT2D eigenvalue weighted by Gasteiger charge is -2.11. The second-order valence-electron chi connectivity index (χ2n) is 7.88. The van der Waals surface area contributed by atoms with E-state index < -0.39 is 11.7 Å². The first kappa shape index (κ1) is 22.4. The van der Waals surface area contributed by atoms with Gasteiger partial charge in [0.2, 0.25) is 5.95 Å². The fourth-order valence-corrected chi connectivity index (χ4v) is 4.35. The van der Waals surface area contributed by atoms with Gasteiger partial charge in [0.1, 0.15) is 17.3 Å². The zero-order chi connectivity index (χ0) is 24.4. The van der Waals surface area contributed by atoms with Gasteiger partial charge in [-0.1, -0.05) is 36.4 Å². The number of hydrogen-bond donors (Lipinski definition) is 2. The minimum atomic E-state index is -0.441. The van der Waals surface area contributed by atoms with Crippen LogP contribution in [0.2, 0.25) is 0 Å². The number of carbonyl (C=O) groups is 1. The number of thiophene rings is 1. The summed E-state index contributed by atoms with van der Waals surface area (Å²) in [6.07, 6.45) is 0.447. The molecule has 35 heavy (non-hydrogen) atoms. The van der Waals surface area contributed by atoms with E-state index in [1.807, 2.05) is 47.8 Å². The van der Waals surface area contributed by atoms with Crippen LogP contribution >= 0.6 is 11.3 Å². The van der Waals surface area contributed by atoms with Gasteiger partial charge in [-0.05, 0) is 48.2 Å². The summed E-state index contributed by atoms with van der Waals surface area (Å²) < 4.78 is 14.7. The summed E-state index contributed by atoms with van der Waals surface area (Å²) in [4.78, 5) is 34.1. The number of aromatic amines is 1. The van der Waals surface area contributed by atoms with Crippen molar-refractivity contribution in [3.05, 3.63) is 117 Å². The first-order valence-electron chi connectivity index (χ1n) is 10.8. The molecule has 9 heteroatoms. The molecular weight excluding hydrogens is 465 g/mol. The van der Waals surface area contributed by atoms with Gasteiger partial charge in [-0.15, -0.1) is 11.3 Å². The van der Waals surface area contributed by atoms with E-state index in [2.05, 4.69) is 20.4 Å². The van der Waals surface area contributed by atoms with Crippen LogP contribution in [0.3, 0.4) is 0 Å². The Morgan fingerprint density at radius 1 is 1.09 bits per heavy atom. The molecule has 7 nitrogen and oxygen atoms in total. The van der Waals surface area contributed by atoms with Crippen LogP contribution in [0.25, 0.3) is 16.5 Å². The van der Waals surface area contributed by atoms with E-state index in [1.54, 1.807) is 13.0 Å². The first-order chi connectivity index (χ1) is 17.0. The molecule has 0 saturated heterocycles. The summed E-state index contributed by atoms with van der Waals surface area (Å²) in [5, 5.41) is 9.33. The summed E-state index contributed by atoms with van der Waals surface area (Å²) in [6, 6.07) is 20.4. The van der Waals surface area contributed by atoms with Crippen LogP contribution < -0.4 is 10.9 Å². The normalized spacial score (nSPS) is 10.9. The lowest BCUT2D eigenvalue weighted by molar-refractivity contribution is 0.102. The first-order valence-corrected chi connectivity index (χ1v) is 11.7. The summed E-state index contributed by atoms with van der Waals surface area (Å²) in [5.74, 6) is -0.370. The molecule has 0 spiro atoms. The number of H-pyrrole nitrogens is 1. The van der Waals surface area contributed by atoms with Crippen molar-refractivity contribution >= 4 is 23.1 Å². The van der Waals surface area contributed by atoms with Crippen LogP contribution in [0.4, 0.5) is 10.2 Å². The van der Waals surface area contributed by atoms with Gasteiger partial charge in [0.05, 0.1) is 10.6 Å². The summed E-state index contributed by atoms with van der Waals surface area (Å²) in [5.41, 5.74) is 2.75. The van der Waals surface area contributed by atoms with Crippen molar-refractivity contribution < 1.29 is 9.18 Å². The van der Waals surface area contributed by atoms with E-state index in [9.17, 15) is 14.0 Å². The molecule has 0 fully saturated rings. The Hall–Kier alpha value is -4.37. The monoisotopic (exact) mass is 485 g/mol. The number of nitrogens with one attached hydrogen (secondary N) is 2. The van der Waals surface area contributed by atoms with Crippen molar-refractivity contribution in [1.82, 2.24) is 19.7 Å². The third-order valence-corrected chi connectivity index (χ3v) is 6.36. The van der Waals surface area contributed by atoms with E-state index >= 15 is 0 Å². The molecule has 2 N–H and O–H groups in total. The Balaban J connectivity index is 1.53. The van der Waals surface area contributed by atoms with Crippen LogP contribution in [0.15, 0.2) is 83.0 Å². The maximum Gasteiger partial charge on any atom is 0.256 e. The summed E-state index contributed by atoms with van der Waals surface area (Å²) >= 11 is 1.50. The molecule has 1 amide bonds. The van der Waals surface area contributed by atoms with Crippen LogP contribution in [0, 0.1) is 12.7 Å².